The van der Waals surface area contributed by atoms with Gasteiger partial charge in [-0.2, -0.15) is 0 Å². The molecule has 94 valence electrons. The van der Waals surface area contributed by atoms with Crippen LogP contribution in [0.5, 0.6) is 0 Å². The molecular formula is C13H19FN2O. The number of hydrogen-bond acceptors (Lipinski definition) is 3. The molecule has 0 bridgehead atoms. The van der Waals surface area contributed by atoms with Crippen molar-refractivity contribution in [2.24, 2.45) is 5.73 Å². The zero-order valence-electron chi connectivity index (χ0n) is 9.94. The molecule has 1 fully saturated rings. The highest BCUT2D eigenvalue weighted by atomic mass is 19.1. The van der Waals surface area contributed by atoms with Gasteiger partial charge < -0.3 is 10.5 Å². The van der Waals surface area contributed by atoms with Crippen molar-refractivity contribution in [1.29, 1.82) is 0 Å². The fraction of sp³-hybridized carbons (Fsp3) is 0.538. The van der Waals surface area contributed by atoms with Crippen LogP contribution in [-0.2, 0) is 4.74 Å². The van der Waals surface area contributed by atoms with Gasteiger partial charge in [0.1, 0.15) is 5.82 Å². The van der Waals surface area contributed by atoms with Gasteiger partial charge in [0.2, 0.25) is 0 Å². The molecule has 0 saturated carbocycles. The third-order valence-corrected chi connectivity index (χ3v) is 3.16. The zero-order valence-corrected chi connectivity index (χ0v) is 9.94. The van der Waals surface area contributed by atoms with Gasteiger partial charge in [-0.25, -0.2) is 4.39 Å². The first-order valence-corrected chi connectivity index (χ1v) is 6.07. The molecule has 1 saturated heterocycles. The number of morpholine rings is 1. The number of nitrogens with two attached hydrogens (primary N) is 1. The van der Waals surface area contributed by atoms with Gasteiger partial charge in [-0.3, -0.25) is 4.90 Å². The summed E-state index contributed by atoms with van der Waals surface area (Å²) in [6.07, 6.45) is 0.894. The largest absolute Gasteiger partial charge is 0.379 e. The summed E-state index contributed by atoms with van der Waals surface area (Å²) < 4.78 is 18.1. The number of nitrogens with zero attached hydrogens (tertiary/aromatic N) is 1. The van der Waals surface area contributed by atoms with E-state index in [9.17, 15) is 4.39 Å². The Morgan fingerprint density at radius 1 is 1.24 bits per heavy atom. The standard InChI is InChI=1S/C13H19FN2O/c14-12-3-1-11(2-4-12)13(15)5-6-16-7-9-17-10-8-16/h1-4,13H,5-10,15H2. The molecular weight excluding hydrogens is 219 g/mol. The minimum absolute atomic E-state index is 0.0153. The van der Waals surface area contributed by atoms with E-state index in [4.69, 9.17) is 10.5 Å². The zero-order chi connectivity index (χ0) is 12.1. The summed E-state index contributed by atoms with van der Waals surface area (Å²) in [4.78, 5) is 2.35. The van der Waals surface area contributed by atoms with Gasteiger partial charge in [-0.1, -0.05) is 12.1 Å². The highest BCUT2D eigenvalue weighted by Gasteiger charge is 2.12. The number of hydrogen-bond donors (Lipinski definition) is 1. The molecule has 4 heteroatoms. The lowest BCUT2D eigenvalue weighted by Crippen LogP contribution is -2.37. The van der Waals surface area contributed by atoms with E-state index >= 15 is 0 Å². The Bertz CT molecular complexity index is 336. The van der Waals surface area contributed by atoms with E-state index in [1.54, 1.807) is 12.1 Å². The topological polar surface area (TPSA) is 38.5 Å². The summed E-state index contributed by atoms with van der Waals surface area (Å²) in [5.41, 5.74) is 7.08. The van der Waals surface area contributed by atoms with E-state index in [2.05, 4.69) is 4.90 Å². The maximum atomic E-state index is 12.8. The maximum absolute atomic E-state index is 12.8. The highest BCUT2D eigenvalue weighted by Crippen LogP contribution is 2.15. The van der Waals surface area contributed by atoms with Crippen LogP contribution in [-0.4, -0.2) is 37.7 Å². The summed E-state index contributed by atoms with van der Waals surface area (Å²) in [5, 5.41) is 0. The van der Waals surface area contributed by atoms with Crippen LogP contribution in [0.1, 0.15) is 18.0 Å². The molecule has 3 nitrogen and oxygen atoms in total. The summed E-state index contributed by atoms with van der Waals surface area (Å²) in [5.74, 6) is -0.214. The van der Waals surface area contributed by atoms with E-state index in [0.717, 1.165) is 44.8 Å². The van der Waals surface area contributed by atoms with E-state index < -0.39 is 0 Å². The van der Waals surface area contributed by atoms with Crippen molar-refractivity contribution in [3.8, 4) is 0 Å². The van der Waals surface area contributed by atoms with Gasteiger partial charge in [-0.15, -0.1) is 0 Å². The molecule has 0 amide bonds. The molecule has 1 unspecified atom stereocenters. The van der Waals surface area contributed by atoms with Crippen LogP contribution in [0.3, 0.4) is 0 Å². The molecule has 0 aliphatic carbocycles. The number of rotatable bonds is 4. The molecule has 1 aromatic carbocycles. The minimum atomic E-state index is -0.214. The Hall–Kier alpha value is -0.970. The van der Waals surface area contributed by atoms with Gasteiger partial charge in [-0.05, 0) is 24.1 Å². The van der Waals surface area contributed by atoms with Crippen molar-refractivity contribution in [2.75, 3.05) is 32.8 Å². The third-order valence-electron chi connectivity index (χ3n) is 3.16. The second-order valence-electron chi connectivity index (χ2n) is 4.40. The lowest BCUT2D eigenvalue weighted by atomic mass is 10.0. The molecule has 17 heavy (non-hydrogen) atoms. The third kappa shape index (κ3) is 3.77. The molecule has 0 radical (unpaired) electrons. The van der Waals surface area contributed by atoms with Crippen LogP contribution in [0, 0.1) is 5.82 Å². The summed E-state index contributed by atoms with van der Waals surface area (Å²) in [7, 11) is 0. The van der Waals surface area contributed by atoms with Crippen LogP contribution in [0.2, 0.25) is 0 Å². The predicted molar refractivity (Wildman–Crippen MR) is 65.2 cm³/mol. The van der Waals surface area contributed by atoms with Gasteiger partial charge in [0.15, 0.2) is 0 Å². The monoisotopic (exact) mass is 238 g/mol. The number of benzene rings is 1. The van der Waals surface area contributed by atoms with Crippen molar-refractivity contribution < 1.29 is 9.13 Å². The van der Waals surface area contributed by atoms with E-state index in [1.165, 1.54) is 12.1 Å². The van der Waals surface area contributed by atoms with Gasteiger partial charge >= 0.3 is 0 Å². The van der Waals surface area contributed by atoms with Crippen molar-refractivity contribution >= 4 is 0 Å². The van der Waals surface area contributed by atoms with E-state index in [1.807, 2.05) is 0 Å². The summed E-state index contributed by atoms with van der Waals surface area (Å²) in [6, 6.07) is 6.44. The fourth-order valence-electron chi connectivity index (χ4n) is 2.02. The maximum Gasteiger partial charge on any atom is 0.123 e. The average Bonchev–Trinajstić information content (AvgIpc) is 2.38. The Balaban J connectivity index is 1.80. The number of halogens is 1. The lowest BCUT2D eigenvalue weighted by molar-refractivity contribution is 0.0366. The average molecular weight is 238 g/mol. The van der Waals surface area contributed by atoms with Crippen LogP contribution in [0.25, 0.3) is 0 Å². The van der Waals surface area contributed by atoms with E-state index in [-0.39, 0.29) is 11.9 Å². The molecule has 0 aromatic heterocycles. The van der Waals surface area contributed by atoms with Crippen LogP contribution < -0.4 is 5.73 Å². The molecule has 1 heterocycles. The fourth-order valence-corrected chi connectivity index (χ4v) is 2.02. The first kappa shape index (κ1) is 12.5. The second-order valence-corrected chi connectivity index (χ2v) is 4.40. The number of ether oxygens (including phenoxy) is 1. The normalized spacial score (nSPS) is 19.2. The Kier molecular flexibility index (Phi) is 4.48. The van der Waals surface area contributed by atoms with Crippen LogP contribution in [0.15, 0.2) is 24.3 Å². The molecule has 2 rings (SSSR count). The first-order chi connectivity index (χ1) is 8.25. The summed E-state index contributed by atoms with van der Waals surface area (Å²) in [6.45, 7) is 4.56. The van der Waals surface area contributed by atoms with Crippen molar-refractivity contribution in [3.05, 3.63) is 35.6 Å². The van der Waals surface area contributed by atoms with Crippen molar-refractivity contribution in [2.45, 2.75) is 12.5 Å². The second kappa shape index (κ2) is 6.10. The van der Waals surface area contributed by atoms with Gasteiger partial charge in [0, 0.05) is 25.7 Å². The minimum Gasteiger partial charge on any atom is -0.379 e. The lowest BCUT2D eigenvalue weighted by Gasteiger charge is -2.27. The Morgan fingerprint density at radius 2 is 1.88 bits per heavy atom. The smallest absolute Gasteiger partial charge is 0.123 e. The molecule has 1 aliphatic heterocycles. The first-order valence-electron chi connectivity index (χ1n) is 6.07. The van der Waals surface area contributed by atoms with E-state index in [0.29, 0.717) is 0 Å². The Labute approximate surface area is 101 Å². The van der Waals surface area contributed by atoms with Crippen molar-refractivity contribution in [1.82, 2.24) is 4.90 Å². The van der Waals surface area contributed by atoms with Crippen LogP contribution >= 0.6 is 0 Å². The van der Waals surface area contributed by atoms with Crippen molar-refractivity contribution in [3.63, 3.8) is 0 Å². The molecule has 2 N–H and O–H groups in total. The SMILES string of the molecule is NC(CCN1CCOCC1)c1ccc(F)cc1. The molecule has 0 spiro atoms. The molecule has 1 atom stereocenters. The summed E-state index contributed by atoms with van der Waals surface area (Å²) >= 11 is 0. The predicted octanol–water partition coefficient (Wildman–Crippen LogP) is 1.55. The van der Waals surface area contributed by atoms with Crippen LogP contribution in [0.4, 0.5) is 4.39 Å². The highest BCUT2D eigenvalue weighted by molar-refractivity contribution is 5.19. The van der Waals surface area contributed by atoms with Gasteiger partial charge in [0.05, 0.1) is 13.2 Å². The molecule has 1 aliphatic rings. The quantitative estimate of drug-likeness (QED) is 0.865. The molecule has 1 aromatic rings. The Morgan fingerprint density at radius 3 is 2.53 bits per heavy atom. The van der Waals surface area contributed by atoms with Gasteiger partial charge in [0.25, 0.3) is 0 Å².